The summed E-state index contributed by atoms with van der Waals surface area (Å²) in [6, 6.07) is 2.00. The summed E-state index contributed by atoms with van der Waals surface area (Å²) in [7, 11) is 0. The number of nitrogens with one attached hydrogen (secondary N) is 1. The minimum absolute atomic E-state index is 0.259. The van der Waals surface area contributed by atoms with E-state index < -0.39 is 18.1 Å². The van der Waals surface area contributed by atoms with Crippen LogP contribution in [-0.2, 0) is 14.4 Å². The summed E-state index contributed by atoms with van der Waals surface area (Å²) < 4.78 is 5.62. The molecule has 0 aliphatic carbocycles. The first-order valence-corrected chi connectivity index (χ1v) is 10.6. The Morgan fingerprint density at radius 1 is 1.32 bits per heavy atom. The zero-order valence-electron chi connectivity index (χ0n) is 16.4. The van der Waals surface area contributed by atoms with E-state index >= 15 is 0 Å². The first kappa shape index (κ1) is 21.9. The SMILES string of the molecule is CSCC[C@H](NC=O)C(=O)N1CCC[C@@H]1C(=O)Oc1c(C)cc(C=O)cc1C. The van der Waals surface area contributed by atoms with Gasteiger partial charge in [-0.2, -0.15) is 11.8 Å². The zero-order valence-corrected chi connectivity index (χ0v) is 17.2. The molecule has 0 saturated carbocycles. The number of benzene rings is 1. The van der Waals surface area contributed by atoms with Crippen LogP contribution < -0.4 is 10.1 Å². The van der Waals surface area contributed by atoms with Gasteiger partial charge in [-0.05, 0) is 68.4 Å². The van der Waals surface area contributed by atoms with Gasteiger partial charge in [0.2, 0.25) is 12.3 Å². The van der Waals surface area contributed by atoms with Gasteiger partial charge in [0.15, 0.2) is 0 Å². The van der Waals surface area contributed by atoms with Crippen LogP contribution >= 0.6 is 11.8 Å². The van der Waals surface area contributed by atoms with E-state index in [4.69, 9.17) is 4.74 Å². The quantitative estimate of drug-likeness (QED) is 0.382. The molecule has 1 aliphatic heterocycles. The van der Waals surface area contributed by atoms with Crippen LogP contribution in [0.15, 0.2) is 12.1 Å². The Morgan fingerprint density at radius 3 is 2.57 bits per heavy atom. The number of likely N-dealkylation sites (tertiary alicyclic amines) is 1. The first-order valence-electron chi connectivity index (χ1n) is 9.20. The molecule has 2 rings (SSSR count). The van der Waals surface area contributed by atoms with Crippen molar-refractivity contribution in [1.29, 1.82) is 0 Å². The highest BCUT2D eigenvalue weighted by Gasteiger charge is 2.38. The topological polar surface area (TPSA) is 92.8 Å². The van der Waals surface area contributed by atoms with Crippen LogP contribution in [0.5, 0.6) is 5.75 Å². The van der Waals surface area contributed by atoms with E-state index in [1.54, 1.807) is 37.7 Å². The maximum absolute atomic E-state index is 12.9. The minimum atomic E-state index is -0.678. The van der Waals surface area contributed by atoms with Gasteiger partial charge in [-0.25, -0.2) is 4.79 Å². The maximum atomic E-state index is 12.9. The fraction of sp³-hybridized carbons (Fsp3) is 0.500. The van der Waals surface area contributed by atoms with E-state index in [2.05, 4.69) is 5.32 Å². The van der Waals surface area contributed by atoms with Crippen LogP contribution in [0.4, 0.5) is 0 Å². The van der Waals surface area contributed by atoms with Crippen molar-refractivity contribution in [2.75, 3.05) is 18.6 Å². The van der Waals surface area contributed by atoms with Gasteiger partial charge in [0.25, 0.3) is 0 Å². The third-order valence-corrected chi connectivity index (χ3v) is 5.45. The van der Waals surface area contributed by atoms with Gasteiger partial charge in [0.05, 0.1) is 0 Å². The molecular weight excluding hydrogens is 380 g/mol. The molecule has 0 unspecified atom stereocenters. The Bertz CT molecular complexity index is 729. The smallest absolute Gasteiger partial charge is 0.334 e. The van der Waals surface area contributed by atoms with E-state index in [9.17, 15) is 19.2 Å². The van der Waals surface area contributed by atoms with Gasteiger partial charge in [0.1, 0.15) is 24.1 Å². The number of thioether (sulfide) groups is 1. The van der Waals surface area contributed by atoms with Crippen LogP contribution in [0.25, 0.3) is 0 Å². The third-order valence-electron chi connectivity index (χ3n) is 4.81. The fourth-order valence-corrected chi connectivity index (χ4v) is 3.92. The lowest BCUT2D eigenvalue weighted by Gasteiger charge is -2.27. The van der Waals surface area contributed by atoms with Crippen LogP contribution in [-0.4, -0.2) is 60.1 Å². The number of aldehydes is 1. The van der Waals surface area contributed by atoms with Crippen molar-refractivity contribution in [3.8, 4) is 5.75 Å². The molecule has 0 aromatic heterocycles. The third kappa shape index (κ3) is 5.13. The normalized spacial score (nSPS) is 17.1. The largest absolute Gasteiger partial charge is 0.424 e. The van der Waals surface area contributed by atoms with Crippen molar-refractivity contribution in [3.05, 3.63) is 28.8 Å². The summed E-state index contributed by atoms with van der Waals surface area (Å²) in [5.41, 5.74) is 1.89. The van der Waals surface area contributed by atoms with Gasteiger partial charge >= 0.3 is 5.97 Å². The molecule has 28 heavy (non-hydrogen) atoms. The summed E-state index contributed by atoms with van der Waals surface area (Å²) >= 11 is 1.59. The van der Waals surface area contributed by atoms with Crippen LogP contribution in [0.1, 0.15) is 40.7 Å². The Kier molecular flexibility index (Phi) is 8.04. The van der Waals surface area contributed by atoms with E-state index in [1.807, 2.05) is 6.26 Å². The highest BCUT2D eigenvalue weighted by Crippen LogP contribution is 2.27. The zero-order chi connectivity index (χ0) is 20.7. The average molecular weight is 407 g/mol. The number of hydrogen-bond donors (Lipinski definition) is 1. The van der Waals surface area contributed by atoms with Crippen molar-refractivity contribution < 1.29 is 23.9 Å². The number of carbonyl (C=O) groups is 4. The molecule has 1 aromatic carbocycles. The second-order valence-electron chi connectivity index (χ2n) is 6.83. The molecule has 152 valence electrons. The van der Waals surface area contributed by atoms with E-state index in [0.29, 0.717) is 54.7 Å². The molecular formula is C20H26N2O5S. The van der Waals surface area contributed by atoms with Crippen molar-refractivity contribution in [1.82, 2.24) is 10.2 Å². The summed E-state index contributed by atoms with van der Waals surface area (Å²) in [6.07, 6.45) is 4.92. The number of nitrogens with zero attached hydrogens (tertiary/aromatic N) is 1. The van der Waals surface area contributed by atoms with Crippen LogP contribution in [0.2, 0.25) is 0 Å². The molecule has 8 heteroatoms. The Labute approximate surface area is 169 Å². The molecule has 0 spiro atoms. The van der Waals surface area contributed by atoms with Crippen molar-refractivity contribution in [3.63, 3.8) is 0 Å². The molecule has 1 aromatic rings. The Morgan fingerprint density at radius 2 is 2.00 bits per heavy atom. The Balaban J connectivity index is 2.15. The van der Waals surface area contributed by atoms with Crippen molar-refractivity contribution in [2.45, 2.75) is 45.2 Å². The van der Waals surface area contributed by atoms with Gasteiger partial charge in [-0.15, -0.1) is 0 Å². The predicted molar refractivity (Wildman–Crippen MR) is 108 cm³/mol. The van der Waals surface area contributed by atoms with Crippen LogP contribution in [0.3, 0.4) is 0 Å². The minimum Gasteiger partial charge on any atom is -0.424 e. The molecule has 0 bridgehead atoms. The molecule has 2 amide bonds. The molecule has 1 heterocycles. The van der Waals surface area contributed by atoms with E-state index in [0.717, 1.165) is 12.0 Å². The molecule has 1 N–H and O–H groups in total. The van der Waals surface area contributed by atoms with Crippen LogP contribution in [0, 0.1) is 13.8 Å². The predicted octanol–water partition coefficient (Wildman–Crippen LogP) is 1.88. The number of carbonyl (C=O) groups excluding carboxylic acids is 4. The summed E-state index contributed by atoms with van der Waals surface area (Å²) in [6.45, 7) is 4.00. The van der Waals surface area contributed by atoms with Crippen molar-refractivity contribution >= 4 is 36.3 Å². The second-order valence-corrected chi connectivity index (χ2v) is 7.82. The lowest BCUT2D eigenvalue weighted by Crippen LogP contribution is -2.51. The summed E-state index contributed by atoms with van der Waals surface area (Å²) in [4.78, 5) is 49.0. The molecule has 7 nitrogen and oxygen atoms in total. The van der Waals surface area contributed by atoms with Crippen molar-refractivity contribution in [2.24, 2.45) is 0 Å². The molecule has 2 atom stereocenters. The van der Waals surface area contributed by atoms with Gasteiger partial charge < -0.3 is 15.0 Å². The standard InChI is InChI=1S/C20H26N2O5S/c1-13-9-15(11-23)10-14(2)18(13)27-20(26)17-5-4-7-22(17)19(25)16(21-12-24)6-8-28-3/h9-12,16-17H,4-8H2,1-3H3,(H,21,24)/t16-,17+/m0/s1. The molecule has 1 aliphatic rings. The number of esters is 1. The van der Waals surface area contributed by atoms with E-state index in [1.165, 1.54) is 4.90 Å². The lowest BCUT2D eigenvalue weighted by atomic mass is 10.1. The highest BCUT2D eigenvalue weighted by molar-refractivity contribution is 7.98. The average Bonchev–Trinajstić information content (AvgIpc) is 3.17. The number of amides is 2. The maximum Gasteiger partial charge on any atom is 0.334 e. The first-order chi connectivity index (χ1) is 13.4. The number of hydrogen-bond acceptors (Lipinski definition) is 6. The fourth-order valence-electron chi connectivity index (χ4n) is 3.45. The summed E-state index contributed by atoms with van der Waals surface area (Å²) in [5, 5.41) is 2.56. The molecule has 0 radical (unpaired) electrons. The monoisotopic (exact) mass is 406 g/mol. The lowest BCUT2D eigenvalue weighted by molar-refractivity contribution is -0.147. The Hall–Kier alpha value is -2.35. The number of rotatable bonds is 9. The molecule has 1 fully saturated rings. The number of ether oxygens (including phenoxy) is 1. The van der Waals surface area contributed by atoms with Gasteiger partial charge in [-0.1, -0.05) is 0 Å². The molecule has 1 saturated heterocycles. The summed E-state index contributed by atoms with van der Waals surface area (Å²) in [5.74, 6) is 0.387. The highest BCUT2D eigenvalue weighted by atomic mass is 32.2. The second kappa shape index (κ2) is 10.3. The number of aryl methyl sites for hydroxylation is 2. The van der Waals surface area contributed by atoms with Gasteiger partial charge in [-0.3, -0.25) is 14.4 Å². The van der Waals surface area contributed by atoms with E-state index in [-0.39, 0.29) is 5.91 Å². The van der Waals surface area contributed by atoms with Gasteiger partial charge in [0, 0.05) is 12.1 Å².